The van der Waals surface area contributed by atoms with E-state index in [9.17, 15) is 42.7 Å². The second-order valence-corrected chi connectivity index (χ2v) is 9.10. The molecule has 18 heteroatoms. The van der Waals surface area contributed by atoms with Gasteiger partial charge in [-0.15, -0.1) is 0 Å². The van der Waals surface area contributed by atoms with Gasteiger partial charge < -0.3 is 34.3 Å². The number of nitrogens with one attached hydrogen (secondary N) is 3. The van der Waals surface area contributed by atoms with E-state index < -0.39 is 96.1 Å². The third kappa shape index (κ3) is 9.79. The van der Waals surface area contributed by atoms with Crippen LogP contribution in [0.25, 0.3) is 0 Å². The number of rotatable bonds is 11. The van der Waals surface area contributed by atoms with E-state index in [1.165, 1.54) is 6.92 Å². The number of halogens is 1. The normalized spacial score (nSPS) is 22.2. The van der Waals surface area contributed by atoms with Gasteiger partial charge >= 0.3 is 29.6 Å². The lowest BCUT2D eigenvalue weighted by atomic mass is 9.97. The number of aromatic amines is 1. The first-order valence-electron chi connectivity index (χ1n) is 12.5. The maximum absolute atomic E-state index is 13.5. The molecule has 2 heterocycles. The van der Waals surface area contributed by atoms with Gasteiger partial charge in [-0.05, 0) is 6.92 Å². The monoisotopic (exact) mass is 602 g/mol. The molecule has 1 aromatic rings. The molecule has 1 saturated heterocycles. The third-order valence-corrected chi connectivity index (χ3v) is 5.59. The molecule has 0 unspecified atom stereocenters. The smallest absolute Gasteiger partial charge is 0.328 e. The van der Waals surface area contributed by atoms with Gasteiger partial charge in [-0.2, -0.15) is 4.39 Å². The summed E-state index contributed by atoms with van der Waals surface area (Å²) in [6.45, 7) is 4.65. The van der Waals surface area contributed by atoms with Crippen LogP contribution >= 0.6 is 0 Å². The van der Waals surface area contributed by atoms with Crippen LogP contribution in [0, 0.1) is 5.82 Å². The Morgan fingerprint density at radius 1 is 0.952 bits per heavy atom. The van der Waals surface area contributed by atoms with Crippen molar-refractivity contribution in [1.29, 1.82) is 0 Å². The van der Waals surface area contributed by atoms with Crippen molar-refractivity contribution < 1.29 is 56.8 Å². The van der Waals surface area contributed by atoms with Crippen molar-refractivity contribution >= 4 is 35.7 Å². The second kappa shape index (κ2) is 14.9. The molecule has 232 valence electrons. The van der Waals surface area contributed by atoms with E-state index in [1.54, 1.807) is 4.98 Å². The first-order chi connectivity index (χ1) is 19.6. The number of hydrogen-bond acceptors (Lipinski definition) is 13. The maximum Gasteiger partial charge on any atom is 0.328 e. The highest BCUT2D eigenvalue weighted by Crippen LogP contribution is 2.28. The summed E-state index contributed by atoms with van der Waals surface area (Å²) in [5, 5.41) is 4.75. The fraction of sp³-hybridized carbons (Fsp3) is 0.583. The minimum Gasteiger partial charge on any atom is -0.463 e. The molecule has 0 spiro atoms. The summed E-state index contributed by atoms with van der Waals surface area (Å²) in [5.41, 5.74) is -2.16. The predicted octanol–water partition coefficient (Wildman–Crippen LogP) is -2.23. The number of amides is 2. The van der Waals surface area contributed by atoms with Gasteiger partial charge in [0, 0.05) is 40.7 Å². The van der Waals surface area contributed by atoms with E-state index in [-0.39, 0.29) is 13.0 Å². The van der Waals surface area contributed by atoms with Crippen LogP contribution in [-0.4, -0.2) is 88.5 Å². The largest absolute Gasteiger partial charge is 0.463 e. The highest BCUT2D eigenvalue weighted by Gasteiger charge is 2.52. The highest BCUT2D eigenvalue weighted by molar-refractivity contribution is 5.87. The van der Waals surface area contributed by atoms with Crippen molar-refractivity contribution in [2.45, 2.75) is 84.3 Å². The fourth-order valence-electron chi connectivity index (χ4n) is 3.86. The number of carbonyl (C=O) groups is 6. The topological polar surface area (TPSA) is 227 Å². The van der Waals surface area contributed by atoms with Crippen molar-refractivity contribution in [3.05, 3.63) is 32.9 Å². The SMILES string of the molecule is CC(=O)OC[C@H]1O[C@@H](NC(=O)[C@H](C)NC(=O)CCn2cc(F)c(=O)[nH]c2=O)[C@H](OC(C)=O)[C@@H](OC(C)=O)[C@H]1OC(C)=O. The van der Waals surface area contributed by atoms with Crippen molar-refractivity contribution in [1.82, 2.24) is 20.2 Å². The predicted molar refractivity (Wildman–Crippen MR) is 134 cm³/mol. The lowest BCUT2D eigenvalue weighted by molar-refractivity contribution is -0.257. The molecule has 2 amide bonds. The number of hydrogen-bond donors (Lipinski definition) is 3. The molecule has 2 rings (SSSR count). The maximum atomic E-state index is 13.5. The average molecular weight is 603 g/mol. The Balaban J connectivity index is 2.22. The summed E-state index contributed by atoms with van der Waals surface area (Å²) >= 11 is 0. The van der Waals surface area contributed by atoms with Gasteiger partial charge in [0.2, 0.25) is 17.6 Å². The number of carbonyl (C=O) groups excluding carboxylic acids is 6. The first kappa shape index (κ1) is 33.6. The number of aryl methyl sites for hydroxylation is 1. The summed E-state index contributed by atoms with van der Waals surface area (Å²) in [5.74, 6) is -6.15. The number of aromatic nitrogens is 2. The minimum absolute atomic E-state index is 0.327. The highest BCUT2D eigenvalue weighted by atomic mass is 19.1. The van der Waals surface area contributed by atoms with Crippen LogP contribution in [0.15, 0.2) is 15.8 Å². The Morgan fingerprint density at radius 2 is 1.52 bits per heavy atom. The molecule has 42 heavy (non-hydrogen) atoms. The van der Waals surface area contributed by atoms with E-state index >= 15 is 0 Å². The number of esters is 4. The van der Waals surface area contributed by atoms with Crippen molar-refractivity contribution in [2.75, 3.05) is 6.61 Å². The van der Waals surface area contributed by atoms with Crippen LogP contribution in [0.4, 0.5) is 4.39 Å². The van der Waals surface area contributed by atoms with Crippen molar-refractivity contribution in [3.8, 4) is 0 Å². The van der Waals surface area contributed by atoms with Crippen molar-refractivity contribution in [3.63, 3.8) is 0 Å². The molecule has 0 aromatic carbocycles. The Morgan fingerprint density at radius 3 is 2.10 bits per heavy atom. The second-order valence-electron chi connectivity index (χ2n) is 9.10. The molecule has 1 aliphatic rings. The van der Waals surface area contributed by atoms with Crippen LogP contribution in [0.2, 0.25) is 0 Å². The summed E-state index contributed by atoms with van der Waals surface area (Å²) in [6, 6.07) is -1.26. The van der Waals surface area contributed by atoms with Gasteiger partial charge in [-0.1, -0.05) is 0 Å². The van der Waals surface area contributed by atoms with E-state index in [0.717, 1.165) is 32.3 Å². The lowest BCUT2D eigenvalue weighted by Crippen LogP contribution is -2.67. The summed E-state index contributed by atoms with van der Waals surface area (Å²) < 4.78 is 40.7. The van der Waals surface area contributed by atoms with Gasteiger partial charge in [0.05, 0.1) is 6.20 Å². The van der Waals surface area contributed by atoms with Crippen molar-refractivity contribution in [2.24, 2.45) is 0 Å². The molecular weight excluding hydrogens is 571 g/mol. The van der Waals surface area contributed by atoms with Crippen LogP contribution in [0.3, 0.4) is 0 Å². The zero-order valence-corrected chi connectivity index (χ0v) is 23.3. The van der Waals surface area contributed by atoms with Gasteiger partial charge in [0.15, 0.2) is 24.5 Å². The quantitative estimate of drug-likeness (QED) is 0.180. The Hall–Kier alpha value is -4.61. The molecular formula is C24H31FN4O13. The van der Waals surface area contributed by atoms with E-state index in [0.29, 0.717) is 6.20 Å². The summed E-state index contributed by atoms with van der Waals surface area (Å²) in [6.07, 6.45) is -7.12. The standard InChI is InChI=1S/C24H31FN4O13/c1-10(26-17(34)6-7-29-8-15(25)22(36)28-24(29)37)21(35)27-23-20(41-14(5)33)19(40-13(4)32)18(39-12(3)31)16(42-23)9-38-11(2)30/h8,10,16,18-20,23H,6-7,9H2,1-5H3,(H,26,34)(H,27,35)(H,28,36,37)/t10-,16+,18-,19-,20+,23+/m0/s1. The van der Waals surface area contributed by atoms with E-state index in [4.69, 9.17) is 23.7 Å². The van der Waals surface area contributed by atoms with Crippen LogP contribution in [0.5, 0.6) is 0 Å². The molecule has 1 fully saturated rings. The lowest BCUT2D eigenvalue weighted by Gasteiger charge is -2.44. The molecule has 1 aliphatic heterocycles. The van der Waals surface area contributed by atoms with Gasteiger partial charge in [0.1, 0.15) is 18.8 Å². The van der Waals surface area contributed by atoms with Crippen LogP contribution in [-0.2, 0) is 59.0 Å². The van der Waals surface area contributed by atoms with Gasteiger partial charge in [0.25, 0.3) is 5.56 Å². The van der Waals surface area contributed by atoms with E-state index in [2.05, 4.69) is 10.6 Å². The third-order valence-electron chi connectivity index (χ3n) is 5.59. The summed E-state index contributed by atoms with van der Waals surface area (Å²) in [7, 11) is 0. The fourth-order valence-corrected chi connectivity index (χ4v) is 3.86. The Labute approximate surface area is 236 Å². The zero-order valence-electron chi connectivity index (χ0n) is 23.3. The molecule has 6 atom stereocenters. The van der Waals surface area contributed by atoms with Crippen LogP contribution in [0.1, 0.15) is 41.0 Å². The van der Waals surface area contributed by atoms with Crippen LogP contribution < -0.4 is 21.9 Å². The first-order valence-corrected chi connectivity index (χ1v) is 12.5. The summed E-state index contributed by atoms with van der Waals surface area (Å²) in [4.78, 5) is 97.1. The Bertz CT molecular complexity index is 1330. The molecule has 17 nitrogen and oxygen atoms in total. The zero-order chi connectivity index (χ0) is 31.7. The molecule has 1 aromatic heterocycles. The molecule has 0 radical (unpaired) electrons. The number of ether oxygens (including phenoxy) is 5. The molecule has 0 saturated carbocycles. The minimum atomic E-state index is -1.56. The molecule has 0 aliphatic carbocycles. The molecule has 0 bridgehead atoms. The number of H-pyrrole nitrogens is 1. The Kier molecular flexibility index (Phi) is 11.9. The molecule has 3 N–H and O–H groups in total. The van der Waals surface area contributed by atoms with Gasteiger partial charge in [-0.3, -0.25) is 43.1 Å². The average Bonchev–Trinajstić information content (AvgIpc) is 2.86. The number of nitrogens with zero attached hydrogens (tertiary/aromatic N) is 1. The van der Waals surface area contributed by atoms with E-state index in [1.807, 2.05) is 0 Å². The van der Waals surface area contributed by atoms with Gasteiger partial charge in [-0.25, -0.2) is 4.79 Å².